The van der Waals surface area contributed by atoms with Crippen molar-refractivity contribution in [3.8, 4) is 0 Å². The Bertz CT molecular complexity index is 662. The second-order valence-corrected chi connectivity index (χ2v) is 7.80. The van der Waals surface area contributed by atoms with Crippen LogP contribution in [-0.2, 0) is 9.59 Å². The summed E-state index contributed by atoms with van der Waals surface area (Å²) in [6, 6.07) is 6.71. The number of hydrogen-bond acceptors (Lipinski definition) is 3. The van der Waals surface area contributed by atoms with Gasteiger partial charge in [0.15, 0.2) is 0 Å². The minimum atomic E-state index is -0.591. The van der Waals surface area contributed by atoms with Crippen LogP contribution >= 0.6 is 0 Å². The van der Waals surface area contributed by atoms with E-state index in [-0.39, 0.29) is 23.6 Å². The van der Waals surface area contributed by atoms with Crippen molar-refractivity contribution in [3.63, 3.8) is 0 Å². The zero-order chi connectivity index (χ0) is 20.0. The summed E-state index contributed by atoms with van der Waals surface area (Å²) in [4.78, 5) is 38.8. The number of piperidine rings is 1. The first-order chi connectivity index (χ1) is 12.8. The molecule has 0 saturated carbocycles. The number of hydrogen-bond donors (Lipinski definition) is 2. The number of rotatable bonds is 6. The molecular weight excluding hydrogens is 342 g/mol. The molecular formula is C21H31N3O3. The molecule has 1 aliphatic rings. The maximum Gasteiger partial charge on any atom is 0.251 e. The van der Waals surface area contributed by atoms with Gasteiger partial charge in [-0.1, -0.05) is 31.5 Å². The highest BCUT2D eigenvalue weighted by Gasteiger charge is 2.33. The third-order valence-corrected chi connectivity index (χ3v) is 5.02. The van der Waals surface area contributed by atoms with E-state index in [9.17, 15) is 14.4 Å². The second-order valence-electron chi connectivity index (χ2n) is 7.80. The maximum absolute atomic E-state index is 12.8. The second kappa shape index (κ2) is 9.53. The molecule has 6 heteroatoms. The zero-order valence-corrected chi connectivity index (χ0v) is 16.7. The van der Waals surface area contributed by atoms with Crippen molar-refractivity contribution in [2.45, 2.75) is 46.6 Å². The summed E-state index contributed by atoms with van der Waals surface area (Å²) in [5.74, 6) is 0.0150. The summed E-state index contributed by atoms with van der Waals surface area (Å²) in [6.45, 7) is 9.40. The standard InChI is InChI=1S/C21H31N3O3/c1-14(2)13-22-21(27)19(17-9-11-24(12-10-17)16(4)25)23-20(26)18-7-5-15(3)6-8-18/h5-8,14,17,19H,9-13H2,1-4H3,(H,22,27)(H,23,26)/t19-/m0/s1. The van der Waals surface area contributed by atoms with Crippen molar-refractivity contribution in [3.05, 3.63) is 35.4 Å². The molecule has 148 valence electrons. The first-order valence-electron chi connectivity index (χ1n) is 9.68. The van der Waals surface area contributed by atoms with Crippen LogP contribution in [0.4, 0.5) is 0 Å². The SMILES string of the molecule is CC(=O)N1CCC([C@H](NC(=O)c2ccc(C)cc2)C(=O)NCC(C)C)CC1. The highest BCUT2D eigenvalue weighted by atomic mass is 16.2. The number of nitrogens with zero attached hydrogens (tertiary/aromatic N) is 1. The average molecular weight is 373 g/mol. The van der Waals surface area contributed by atoms with E-state index in [0.717, 1.165) is 5.56 Å². The van der Waals surface area contributed by atoms with Crippen molar-refractivity contribution in [1.82, 2.24) is 15.5 Å². The fraction of sp³-hybridized carbons (Fsp3) is 0.571. The molecule has 6 nitrogen and oxygen atoms in total. The molecule has 0 unspecified atom stereocenters. The van der Waals surface area contributed by atoms with Gasteiger partial charge in [-0.15, -0.1) is 0 Å². The molecule has 2 N–H and O–H groups in total. The molecule has 1 saturated heterocycles. The molecule has 27 heavy (non-hydrogen) atoms. The lowest BCUT2D eigenvalue weighted by Crippen LogP contribution is -2.54. The molecule has 1 aromatic carbocycles. The summed E-state index contributed by atoms with van der Waals surface area (Å²) >= 11 is 0. The number of benzene rings is 1. The van der Waals surface area contributed by atoms with Crippen molar-refractivity contribution < 1.29 is 14.4 Å². The van der Waals surface area contributed by atoms with E-state index in [1.807, 2.05) is 32.9 Å². The van der Waals surface area contributed by atoms with Crippen LogP contribution < -0.4 is 10.6 Å². The quantitative estimate of drug-likeness (QED) is 0.802. The molecule has 0 spiro atoms. The molecule has 0 bridgehead atoms. The summed E-state index contributed by atoms with van der Waals surface area (Å²) in [7, 11) is 0. The van der Waals surface area contributed by atoms with Gasteiger partial charge in [0.25, 0.3) is 5.91 Å². The van der Waals surface area contributed by atoms with Gasteiger partial charge in [-0.3, -0.25) is 14.4 Å². The van der Waals surface area contributed by atoms with E-state index in [0.29, 0.717) is 44.0 Å². The van der Waals surface area contributed by atoms with E-state index in [4.69, 9.17) is 0 Å². The number of aryl methyl sites for hydroxylation is 1. The van der Waals surface area contributed by atoms with Gasteiger partial charge in [-0.05, 0) is 43.7 Å². The van der Waals surface area contributed by atoms with Crippen molar-refractivity contribution in [2.24, 2.45) is 11.8 Å². The fourth-order valence-corrected chi connectivity index (χ4v) is 3.29. The predicted octanol–water partition coefficient (Wildman–Crippen LogP) is 2.12. The molecule has 2 rings (SSSR count). The molecule has 0 radical (unpaired) electrons. The third kappa shape index (κ3) is 6.08. The lowest BCUT2D eigenvalue weighted by Gasteiger charge is -2.35. The van der Waals surface area contributed by atoms with E-state index in [1.165, 1.54) is 0 Å². The van der Waals surface area contributed by atoms with Crippen LogP contribution in [0.3, 0.4) is 0 Å². The number of carbonyl (C=O) groups is 3. The van der Waals surface area contributed by atoms with Gasteiger partial charge in [-0.2, -0.15) is 0 Å². The van der Waals surface area contributed by atoms with Crippen LogP contribution in [0.15, 0.2) is 24.3 Å². The third-order valence-electron chi connectivity index (χ3n) is 5.02. The first kappa shape index (κ1) is 20.9. The number of likely N-dealkylation sites (tertiary alicyclic amines) is 1. The Hall–Kier alpha value is -2.37. The average Bonchev–Trinajstić information content (AvgIpc) is 2.64. The predicted molar refractivity (Wildman–Crippen MR) is 105 cm³/mol. The highest BCUT2D eigenvalue weighted by molar-refractivity contribution is 5.97. The molecule has 1 heterocycles. The van der Waals surface area contributed by atoms with Gasteiger partial charge in [-0.25, -0.2) is 0 Å². The van der Waals surface area contributed by atoms with E-state index >= 15 is 0 Å². The smallest absolute Gasteiger partial charge is 0.251 e. The number of nitrogens with one attached hydrogen (secondary N) is 2. The lowest BCUT2D eigenvalue weighted by molar-refractivity contribution is -0.130. The van der Waals surface area contributed by atoms with E-state index in [1.54, 1.807) is 24.0 Å². The normalized spacial score (nSPS) is 16.1. The Morgan fingerprint density at radius 1 is 1.11 bits per heavy atom. The summed E-state index contributed by atoms with van der Waals surface area (Å²) < 4.78 is 0. The molecule has 0 aromatic heterocycles. The van der Waals surface area contributed by atoms with Gasteiger partial charge < -0.3 is 15.5 Å². The van der Waals surface area contributed by atoms with Crippen molar-refractivity contribution in [2.75, 3.05) is 19.6 Å². The van der Waals surface area contributed by atoms with Gasteiger partial charge in [0, 0.05) is 32.1 Å². The monoisotopic (exact) mass is 373 g/mol. The van der Waals surface area contributed by atoms with Crippen molar-refractivity contribution in [1.29, 1.82) is 0 Å². The Morgan fingerprint density at radius 2 is 1.70 bits per heavy atom. The topological polar surface area (TPSA) is 78.5 Å². The van der Waals surface area contributed by atoms with Crippen LogP contribution in [0.1, 0.15) is 49.5 Å². The molecule has 0 aliphatic carbocycles. The Morgan fingerprint density at radius 3 is 2.22 bits per heavy atom. The molecule has 1 fully saturated rings. The Kier molecular flexibility index (Phi) is 7.39. The number of carbonyl (C=O) groups excluding carboxylic acids is 3. The molecule has 1 aliphatic heterocycles. The summed E-state index contributed by atoms with van der Waals surface area (Å²) in [5, 5.41) is 5.88. The van der Waals surface area contributed by atoms with Gasteiger partial charge in [0.2, 0.25) is 11.8 Å². The molecule has 1 aromatic rings. The van der Waals surface area contributed by atoms with E-state index in [2.05, 4.69) is 10.6 Å². The Balaban J connectivity index is 2.09. The van der Waals surface area contributed by atoms with Gasteiger partial charge >= 0.3 is 0 Å². The van der Waals surface area contributed by atoms with Crippen LogP contribution in [0, 0.1) is 18.8 Å². The largest absolute Gasteiger partial charge is 0.354 e. The highest BCUT2D eigenvalue weighted by Crippen LogP contribution is 2.22. The zero-order valence-electron chi connectivity index (χ0n) is 16.7. The van der Waals surface area contributed by atoms with Crippen LogP contribution in [-0.4, -0.2) is 48.3 Å². The Labute approximate surface area is 161 Å². The minimum Gasteiger partial charge on any atom is -0.354 e. The maximum atomic E-state index is 12.8. The molecule has 3 amide bonds. The number of amides is 3. The lowest BCUT2D eigenvalue weighted by atomic mass is 9.88. The van der Waals surface area contributed by atoms with Crippen LogP contribution in [0.2, 0.25) is 0 Å². The fourth-order valence-electron chi connectivity index (χ4n) is 3.29. The van der Waals surface area contributed by atoms with Crippen molar-refractivity contribution >= 4 is 17.7 Å². The summed E-state index contributed by atoms with van der Waals surface area (Å²) in [6.07, 6.45) is 1.40. The van der Waals surface area contributed by atoms with Gasteiger partial charge in [0.05, 0.1) is 0 Å². The summed E-state index contributed by atoms with van der Waals surface area (Å²) in [5.41, 5.74) is 1.62. The van der Waals surface area contributed by atoms with E-state index < -0.39 is 6.04 Å². The molecule has 1 atom stereocenters. The van der Waals surface area contributed by atoms with Crippen LogP contribution in [0.5, 0.6) is 0 Å². The van der Waals surface area contributed by atoms with Gasteiger partial charge in [0.1, 0.15) is 6.04 Å². The first-order valence-corrected chi connectivity index (χ1v) is 9.68. The van der Waals surface area contributed by atoms with Crippen LogP contribution in [0.25, 0.3) is 0 Å². The minimum absolute atomic E-state index is 0.0159.